The zero-order chi connectivity index (χ0) is 20.9. The van der Waals surface area contributed by atoms with Gasteiger partial charge in [0, 0.05) is 29.5 Å². The van der Waals surface area contributed by atoms with E-state index in [-0.39, 0.29) is 25.2 Å². The summed E-state index contributed by atoms with van der Waals surface area (Å²) in [6, 6.07) is 16.4. The quantitative estimate of drug-likeness (QED) is 0.695. The molecular weight excluding hydrogens is 386 g/mol. The Hall–Kier alpha value is -3.94. The first-order valence-corrected chi connectivity index (χ1v) is 9.51. The van der Waals surface area contributed by atoms with Crippen molar-refractivity contribution in [2.75, 3.05) is 5.32 Å². The Morgan fingerprint density at radius 1 is 1.13 bits per heavy atom. The molecule has 3 aromatic rings. The highest BCUT2D eigenvalue weighted by Crippen LogP contribution is 2.47. The summed E-state index contributed by atoms with van der Waals surface area (Å²) >= 11 is 0. The number of carboxylic acid groups (broad SMARTS) is 1. The molecule has 0 aliphatic carbocycles. The highest BCUT2D eigenvalue weighted by atomic mass is 16.4. The Morgan fingerprint density at radius 2 is 1.90 bits per heavy atom. The van der Waals surface area contributed by atoms with Crippen LogP contribution in [0, 0.1) is 0 Å². The van der Waals surface area contributed by atoms with Gasteiger partial charge in [-0.1, -0.05) is 36.4 Å². The van der Waals surface area contributed by atoms with E-state index in [9.17, 15) is 14.4 Å². The average Bonchev–Trinajstić information content (AvgIpc) is 3.41. The Kier molecular flexibility index (Phi) is 3.95. The lowest BCUT2D eigenvalue weighted by Gasteiger charge is -2.30. The predicted molar refractivity (Wildman–Crippen MR) is 108 cm³/mol. The Labute approximate surface area is 170 Å². The minimum absolute atomic E-state index is 0.133. The van der Waals surface area contributed by atoms with Crippen LogP contribution in [0.15, 0.2) is 64.1 Å². The molecule has 2 aliphatic heterocycles. The predicted octanol–water partition coefficient (Wildman–Crippen LogP) is 3.08. The molecule has 5 rings (SSSR count). The van der Waals surface area contributed by atoms with E-state index >= 15 is 0 Å². The average molecular weight is 403 g/mol. The van der Waals surface area contributed by atoms with Gasteiger partial charge in [-0.05, 0) is 18.2 Å². The highest BCUT2D eigenvalue weighted by Gasteiger charge is 2.57. The maximum absolute atomic E-state index is 13.1. The van der Waals surface area contributed by atoms with Crippen LogP contribution in [0.25, 0.3) is 11.0 Å². The van der Waals surface area contributed by atoms with Crippen LogP contribution in [0.4, 0.5) is 5.69 Å². The number of carbonyl (C=O) groups excluding carboxylic acids is 2. The van der Waals surface area contributed by atoms with Crippen molar-refractivity contribution in [3.63, 3.8) is 0 Å². The number of anilines is 1. The SMILES string of the molecule is O=C(O)CCC(=O)N1N=C(c2cc3ccccc3o2)C[C@@]12C(=O)Nc1ccccc12. The first-order valence-electron chi connectivity index (χ1n) is 9.51. The number of hydrogen-bond acceptors (Lipinski definition) is 5. The fraction of sp³-hybridized carbons (Fsp3) is 0.182. The van der Waals surface area contributed by atoms with E-state index in [0.29, 0.717) is 28.3 Å². The molecule has 1 spiro atoms. The molecule has 30 heavy (non-hydrogen) atoms. The number of benzene rings is 2. The van der Waals surface area contributed by atoms with Gasteiger partial charge in [0.05, 0.1) is 6.42 Å². The van der Waals surface area contributed by atoms with Crippen LogP contribution in [0.2, 0.25) is 0 Å². The largest absolute Gasteiger partial charge is 0.481 e. The molecule has 0 saturated carbocycles. The van der Waals surface area contributed by atoms with E-state index in [4.69, 9.17) is 9.52 Å². The summed E-state index contributed by atoms with van der Waals surface area (Å²) in [7, 11) is 0. The molecule has 0 fully saturated rings. The molecule has 8 nitrogen and oxygen atoms in total. The van der Waals surface area contributed by atoms with Crippen LogP contribution in [0.5, 0.6) is 0 Å². The Bertz CT molecular complexity index is 1210. The van der Waals surface area contributed by atoms with Gasteiger partial charge in [-0.15, -0.1) is 0 Å². The zero-order valence-electron chi connectivity index (χ0n) is 15.8. The number of furan rings is 1. The second kappa shape index (κ2) is 6.55. The number of nitrogens with zero attached hydrogens (tertiary/aromatic N) is 2. The van der Waals surface area contributed by atoms with Crippen LogP contribution in [0.3, 0.4) is 0 Å². The van der Waals surface area contributed by atoms with Gasteiger partial charge in [-0.25, -0.2) is 5.01 Å². The number of rotatable bonds is 4. The summed E-state index contributed by atoms with van der Waals surface area (Å²) in [4.78, 5) is 37.1. The molecule has 1 aromatic heterocycles. The van der Waals surface area contributed by atoms with Gasteiger partial charge in [0.25, 0.3) is 5.91 Å². The summed E-state index contributed by atoms with van der Waals surface area (Å²) in [5, 5.41) is 18.3. The molecule has 0 saturated heterocycles. The van der Waals surface area contributed by atoms with Crippen molar-refractivity contribution in [3.05, 3.63) is 65.9 Å². The van der Waals surface area contributed by atoms with Crippen molar-refractivity contribution in [2.24, 2.45) is 5.10 Å². The molecule has 0 unspecified atom stereocenters. The van der Waals surface area contributed by atoms with Crippen LogP contribution < -0.4 is 5.32 Å². The third-order valence-corrected chi connectivity index (χ3v) is 5.50. The number of hydrogen-bond donors (Lipinski definition) is 2. The number of fused-ring (bicyclic) bond motifs is 3. The maximum atomic E-state index is 13.1. The number of aliphatic carboxylic acids is 1. The second-order valence-corrected chi connectivity index (χ2v) is 7.33. The third-order valence-electron chi connectivity index (χ3n) is 5.50. The lowest BCUT2D eigenvalue weighted by atomic mass is 9.85. The summed E-state index contributed by atoms with van der Waals surface area (Å²) in [6.07, 6.45) is -0.470. The van der Waals surface area contributed by atoms with Gasteiger partial charge in [0.15, 0.2) is 11.3 Å². The van der Waals surface area contributed by atoms with Gasteiger partial charge in [-0.2, -0.15) is 5.10 Å². The standard InChI is InChI=1S/C22H17N3O5/c26-19(9-10-20(27)28)25-22(14-6-2-3-7-15(14)23-21(22)29)12-16(24-25)18-11-13-5-1-4-8-17(13)30-18/h1-8,11H,9-10,12H2,(H,23,29)(H,27,28)/t22-/m1/s1. The lowest BCUT2D eigenvalue weighted by molar-refractivity contribution is -0.146. The molecule has 2 N–H and O–H groups in total. The van der Waals surface area contributed by atoms with Crippen molar-refractivity contribution in [1.29, 1.82) is 0 Å². The van der Waals surface area contributed by atoms with Crippen LogP contribution in [-0.2, 0) is 19.9 Å². The van der Waals surface area contributed by atoms with Crippen molar-refractivity contribution in [2.45, 2.75) is 24.8 Å². The fourth-order valence-electron chi connectivity index (χ4n) is 4.09. The summed E-state index contributed by atoms with van der Waals surface area (Å²) in [5.41, 5.74) is 1.02. The molecule has 1 atom stereocenters. The topological polar surface area (TPSA) is 112 Å². The molecule has 150 valence electrons. The van der Waals surface area contributed by atoms with Crippen LogP contribution in [0.1, 0.15) is 30.6 Å². The van der Waals surface area contributed by atoms with Gasteiger partial charge in [0.1, 0.15) is 11.3 Å². The third kappa shape index (κ3) is 2.61. The maximum Gasteiger partial charge on any atom is 0.303 e. The van der Waals surface area contributed by atoms with Gasteiger partial charge in [-0.3, -0.25) is 14.4 Å². The summed E-state index contributed by atoms with van der Waals surface area (Å²) in [6.45, 7) is 0. The number of nitrogens with one attached hydrogen (secondary N) is 1. The monoisotopic (exact) mass is 403 g/mol. The molecular formula is C22H17N3O5. The fourth-order valence-corrected chi connectivity index (χ4v) is 4.09. The van der Waals surface area contributed by atoms with Crippen molar-refractivity contribution in [3.8, 4) is 0 Å². The molecule has 2 aliphatic rings. The molecule has 2 amide bonds. The van der Waals surface area contributed by atoms with E-state index in [1.807, 2.05) is 30.3 Å². The van der Waals surface area contributed by atoms with Crippen LogP contribution in [-0.4, -0.2) is 33.6 Å². The number of para-hydroxylation sites is 2. The van der Waals surface area contributed by atoms with Crippen molar-refractivity contribution in [1.82, 2.24) is 5.01 Å². The number of amides is 2. The first kappa shape index (κ1) is 18.1. The lowest BCUT2D eigenvalue weighted by Crippen LogP contribution is -2.48. The Morgan fingerprint density at radius 3 is 2.70 bits per heavy atom. The number of hydrazone groups is 1. The van der Waals surface area contributed by atoms with Gasteiger partial charge < -0.3 is 14.8 Å². The Balaban J connectivity index is 1.61. The second-order valence-electron chi connectivity index (χ2n) is 7.33. The summed E-state index contributed by atoms with van der Waals surface area (Å²) in [5.74, 6) is -1.52. The smallest absolute Gasteiger partial charge is 0.303 e. The van der Waals surface area contributed by atoms with E-state index in [0.717, 1.165) is 10.4 Å². The first-order chi connectivity index (χ1) is 14.5. The molecule has 2 aromatic carbocycles. The van der Waals surface area contributed by atoms with E-state index < -0.39 is 17.4 Å². The minimum Gasteiger partial charge on any atom is -0.481 e. The molecule has 0 radical (unpaired) electrons. The normalized spacial score (nSPS) is 19.8. The van der Waals surface area contributed by atoms with Crippen molar-refractivity contribution >= 4 is 40.2 Å². The van der Waals surface area contributed by atoms with Gasteiger partial charge >= 0.3 is 5.97 Å². The van der Waals surface area contributed by atoms with Crippen molar-refractivity contribution < 1.29 is 23.9 Å². The van der Waals surface area contributed by atoms with E-state index in [1.165, 1.54) is 0 Å². The van der Waals surface area contributed by atoms with E-state index in [1.54, 1.807) is 24.3 Å². The molecule has 8 heteroatoms. The van der Waals surface area contributed by atoms with E-state index in [2.05, 4.69) is 10.4 Å². The summed E-state index contributed by atoms with van der Waals surface area (Å²) < 4.78 is 5.91. The highest BCUT2D eigenvalue weighted by molar-refractivity contribution is 6.15. The zero-order valence-corrected chi connectivity index (χ0v) is 15.8. The number of carboxylic acids is 1. The van der Waals surface area contributed by atoms with Crippen LogP contribution >= 0.6 is 0 Å². The molecule has 3 heterocycles. The van der Waals surface area contributed by atoms with Gasteiger partial charge in [0.2, 0.25) is 5.91 Å². The minimum atomic E-state index is -1.36. The number of carbonyl (C=O) groups is 3. The molecule has 0 bridgehead atoms.